The molecule has 1 saturated heterocycles. The van der Waals surface area contributed by atoms with Crippen molar-refractivity contribution in [3.05, 3.63) is 15.0 Å². The third-order valence-corrected chi connectivity index (χ3v) is 4.60. The number of hydrogen-bond acceptors (Lipinski definition) is 2. The number of aryl methyl sites for hydroxylation is 1. The number of nitrogens with zero attached hydrogens (tertiary/aromatic N) is 3. The quantitative estimate of drug-likeness (QED) is 0.773. The molecule has 88 valence electrons. The summed E-state index contributed by atoms with van der Waals surface area (Å²) in [6.45, 7) is 6.20. The summed E-state index contributed by atoms with van der Waals surface area (Å²) in [5, 5.41) is 4.38. The third kappa shape index (κ3) is 2.23. The molecular formula is C11H16IN3O. The second-order valence-electron chi connectivity index (χ2n) is 4.23. The highest BCUT2D eigenvalue weighted by Crippen LogP contribution is 2.16. The summed E-state index contributed by atoms with van der Waals surface area (Å²) in [7, 11) is 0. The highest BCUT2D eigenvalue weighted by atomic mass is 127. The lowest BCUT2D eigenvalue weighted by Gasteiger charge is -2.15. The summed E-state index contributed by atoms with van der Waals surface area (Å²) in [4.78, 5) is 13.9. The Morgan fingerprint density at radius 2 is 2.00 bits per heavy atom. The van der Waals surface area contributed by atoms with Crippen LogP contribution in [0.2, 0.25) is 0 Å². The summed E-state index contributed by atoms with van der Waals surface area (Å²) >= 11 is 2.28. The van der Waals surface area contributed by atoms with Crippen LogP contribution in [-0.2, 0) is 11.3 Å². The van der Waals surface area contributed by atoms with Crippen molar-refractivity contribution in [2.75, 3.05) is 13.1 Å². The Morgan fingerprint density at radius 3 is 2.50 bits per heavy atom. The molecule has 1 aromatic heterocycles. The van der Waals surface area contributed by atoms with Gasteiger partial charge in [-0.1, -0.05) is 0 Å². The summed E-state index contributed by atoms with van der Waals surface area (Å²) in [6, 6.07) is 0. The van der Waals surface area contributed by atoms with E-state index < -0.39 is 0 Å². The van der Waals surface area contributed by atoms with E-state index in [0.717, 1.165) is 40.9 Å². The molecule has 1 aromatic rings. The molecule has 0 radical (unpaired) electrons. The molecule has 2 heterocycles. The molecule has 0 bridgehead atoms. The van der Waals surface area contributed by atoms with Crippen LogP contribution in [0.25, 0.3) is 0 Å². The predicted molar refractivity (Wildman–Crippen MR) is 70.2 cm³/mol. The van der Waals surface area contributed by atoms with Gasteiger partial charge in [-0.3, -0.25) is 9.48 Å². The number of amides is 1. The third-order valence-electron chi connectivity index (χ3n) is 3.04. The van der Waals surface area contributed by atoms with Gasteiger partial charge in [0.05, 0.1) is 9.26 Å². The first kappa shape index (κ1) is 11.9. The van der Waals surface area contributed by atoms with E-state index in [1.807, 2.05) is 23.4 Å². The molecule has 1 amide bonds. The first-order valence-corrected chi connectivity index (χ1v) is 6.64. The second kappa shape index (κ2) is 4.73. The van der Waals surface area contributed by atoms with E-state index >= 15 is 0 Å². The van der Waals surface area contributed by atoms with Gasteiger partial charge in [-0.2, -0.15) is 5.10 Å². The van der Waals surface area contributed by atoms with Crippen molar-refractivity contribution in [3.63, 3.8) is 0 Å². The Hall–Kier alpha value is -0.590. The van der Waals surface area contributed by atoms with Crippen LogP contribution >= 0.6 is 22.6 Å². The van der Waals surface area contributed by atoms with Gasteiger partial charge >= 0.3 is 0 Å². The van der Waals surface area contributed by atoms with Crippen molar-refractivity contribution in [1.82, 2.24) is 14.7 Å². The number of hydrogen-bond donors (Lipinski definition) is 0. The lowest BCUT2D eigenvalue weighted by molar-refractivity contribution is -0.130. The van der Waals surface area contributed by atoms with Crippen LogP contribution in [0, 0.1) is 17.4 Å². The molecular weight excluding hydrogens is 317 g/mol. The molecule has 5 heteroatoms. The zero-order valence-electron chi connectivity index (χ0n) is 9.66. The SMILES string of the molecule is Cc1nn(CC(=O)N2CCCC2)c(C)c1I. The van der Waals surface area contributed by atoms with Crippen LogP contribution in [0.3, 0.4) is 0 Å². The molecule has 16 heavy (non-hydrogen) atoms. The number of aromatic nitrogens is 2. The zero-order valence-corrected chi connectivity index (χ0v) is 11.8. The molecule has 4 nitrogen and oxygen atoms in total. The van der Waals surface area contributed by atoms with Crippen molar-refractivity contribution < 1.29 is 4.79 Å². The molecule has 0 aromatic carbocycles. The van der Waals surface area contributed by atoms with Crippen LogP contribution in [0.4, 0.5) is 0 Å². The fourth-order valence-corrected chi connectivity index (χ4v) is 2.41. The molecule has 0 unspecified atom stereocenters. The first-order valence-electron chi connectivity index (χ1n) is 5.57. The van der Waals surface area contributed by atoms with Gasteiger partial charge < -0.3 is 4.90 Å². The summed E-state index contributed by atoms with van der Waals surface area (Å²) in [5.74, 6) is 0.194. The van der Waals surface area contributed by atoms with Crippen molar-refractivity contribution in [1.29, 1.82) is 0 Å². The van der Waals surface area contributed by atoms with E-state index in [1.54, 1.807) is 0 Å². The van der Waals surface area contributed by atoms with Crippen molar-refractivity contribution in [3.8, 4) is 0 Å². The fourth-order valence-electron chi connectivity index (χ4n) is 2.02. The van der Waals surface area contributed by atoms with E-state index in [9.17, 15) is 4.79 Å². The minimum atomic E-state index is 0.194. The normalized spacial score (nSPS) is 15.8. The Morgan fingerprint density at radius 1 is 1.38 bits per heavy atom. The Balaban J connectivity index is 2.08. The van der Waals surface area contributed by atoms with Crippen LogP contribution in [0.5, 0.6) is 0 Å². The minimum Gasteiger partial charge on any atom is -0.341 e. The Bertz CT molecular complexity index is 408. The molecule has 0 spiro atoms. The standard InChI is InChI=1S/C11H16IN3O/c1-8-11(12)9(2)15(13-8)7-10(16)14-5-3-4-6-14/h3-7H2,1-2H3. The van der Waals surface area contributed by atoms with Gasteiger partial charge in [0.25, 0.3) is 0 Å². The molecule has 0 N–H and O–H groups in total. The first-order chi connectivity index (χ1) is 7.59. The molecule has 2 rings (SSSR count). The minimum absolute atomic E-state index is 0.194. The summed E-state index contributed by atoms with van der Waals surface area (Å²) in [6.07, 6.45) is 2.28. The molecule has 0 aliphatic carbocycles. The van der Waals surface area contributed by atoms with E-state index in [1.165, 1.54) is 0 Å². The Labute approximate surface area is 109 Å². The van der Waals surface area contributed by atoms with E-state index in [4.69, 9.17) is 0 Å². The smallest absolute Gasteiger partial charge is 0.244 e. The fraction of sp³-hybridized carbons (Fsp3) is 0.636. The van der Waals surface area contributed by atoms with E-state index in [-0.39, 0.29) is 5.91 Å². The number of halogens is 1. The van der Waals surface area contributed by atoms with Gasteiger partial charge in [-0.15, -0.1) is 0 Å². The van der Waals surface area contributed by atoms with Gasteiger partial charge in [0.15, 0.2) is 0 Å². The molecule has 1 fully saturated rings. The lowest BCUT2D eigenvalue weighted by Crippen LogP contribution is -2.31. The van der Waals surface area contributed by atoms with Crippen LogP contribution in [0.1, 0.15) is 24.2 Å². The average Bonchev–Trinajstić information content (AvgIpc) is 2.85. The van der Waals surface area contributed by atoms with E-state index in [2.05, 4.69) is 27.7 Å². The van der Waals surface area contributed by atoms with Gasteiger partial charge in [0, 0.05) is 18.8 Å². The molecule has 0 atom stereocenters. The largest absolute Gasteiger partial charge is 0.341 e. The van der Waals surface area contributed by atoms with Gasteiger partial charge in [-0.25, -0.2) is 0 Å². The van der Waals surface area contributed by atoms with E-state index in [0.29, 0.717) is 6.54 Å². The van der Waals surface area contributed by atoms with Gasteiger partial charge in [0.1, 0.15) is 6.54 Å². The number of likely N-dealkylation sites (tertiary alicyclic amines) is 1. The summed E-state index contributed by atoms with van der Waals surface area (Å²) in [5.41, 5.74) is 2.10. The predicted octanol–water partition coefficient (Wildman–Crippen LogP) is 1.73. The number of carbonyl (C=O) groups excluding carboxylic acids is 1. The number of rotatable bonds is 2. The maximum atomic E-state index is 12.0. The maximum Gasteiger partial charge on any atom is 0.244 e. The topological polar surface area (TPSA) is 38.1 Å². The Kier molecular flexibility index (Phi) is 3.51. The van der Waals surface area contributed by atoms with Gasteiger partial charge in [-0.05, 0) is 49.3 Å². The number of carbonyl (C=O) groups is 1. The van der Waals surface area contributed by atoms with Crippen LogP contribution in [-0.4, -0.2) is 33.7 Å². The van der Waals surface area contributed by atoms with Crippen molar-refractivity contribution >= 4 is 28.5 Å². The maximum absolute atomic E-state index is 12.0. The highest BCUT2D eigenvalue weighted by Gasteiger charge is 2.19. The monoisotopic (exact) mass is 333 g/mol. The zero-order chi connectivity index (χ0) is 11.7. The van der Waals surface area contributed by atoms with Gasteiger partial charge in [0.2, 0.25) is 5.91 Å². The lowest BCUT2D eigenvalue weighted by atomic mass is 10.4. The van der Waals surface area contributed by atoms with Crippen molar-refractivity contribution in [2.45, 2.75) is 33.2 Å². The average molecular weight is 333 g/mol. The highest BCUT2D eigenvalue weighted by molar-refractivity contribution is 14.1. The van der Waals surface area contributed by atoms with Crippen LogP contribution in [0.15, 0.2) is 0 Å². The molecule has 1 aliphatic heterocycles. The van der Waals surface area contributed by atoms with Crippen LogP contribution < -0.4 is 0 Å². The molecule has 1 aliphatic rings. The van der Waals surface area contributed by atoms with Crippen molar-refractivity contribution in [2.24, 2.45) is 0 Å². The second-order valence-corrected chi connectivity index (χ2v) is 5.31. The molecule has 0 saturated carbocycles. The summed E-state index contributed by atoms with van der Waals surface area (Å²) < 4.78 is 2.98.